The summed E-state index contributed by atoms with van der Waals surface area (Å²) in [5, 5.41) is 1.51. The number of imide groups is 1. The molecule has 0 unspecified atom stereocenters. The van der Waals surface area contributed by atoms with Crippen molar-refractivity contribution < 1.29 is 14.4 Å². The summed E-state index contributed by atoms with van der Waals surface area (Å²) >= 11 is 0. The lowest BCUT2D eigenvalue weighted by Crippen LogP contribution is -2.36. The number of hydrazine groups is 1. The third-order valence-electron chi connectivity index (χ3n) is 2.87. The molecule has 1 aromatic rings. The number of rotatable bonds is 4. The van der Waals surface area contributed by atoms with Gasteiger partial charge in [-0.2, -0.15) is 0 Å². The van der Waals surface area contributed by atoms with E-state index in [1.54, 1.807) is 14.1 Å². The van der Waals surface area contributed by atoms with Crippen molar-refractivity contribution >= 4 is 17.7 Å². The van der Waals surface area contributed by atoms with E-state index in [2.05, 4.69) is 12.0 Å². The molecule has 1 aromatic carbocycles. The molecule has 0 aromatic heterocycles. The minimum atomic E-state index is -0.399. The van der Waals surface area contributed by atoms with Crippen LogP contribution in [0.25, 0.3) is 0 Å². The Hall–Kier alpha value is -2.47. The SMILES string of the molecule is C=CCN1C(=O)c2ccc(C(=O)NN(C)C)cc2C1=O. The number of carbonyl (C=O) groups is 3. The molecule has 1 N–H and O–H groups in total. The highest BCUT2D eigenvalue weighted by Crippen LogP contribution is 2.23. The highest BCUT2D eigenvalue weighted by atomic mass is 16.2. The first-order valence-corrected chi connectivity index (χ1v) is 6.05. The van der Waals surface area contributed by atoms with Crippen molar-refractivity contribution in [3.8, 4) is 0 Å². The van der Waals surface area contributed by atoms with Crippen LogP contribution >= 0.6 is 0 Å². The van der Waals surface area contributed by atoms with Gasteiger partial charge < -0.3 is 0 Å². The predicted octanol–water partition coefficient (Wildman–Crippen LogP) is 0.675. The van der Waals surface area contributed by atoms with Gasteiger partial charge in [0.25, 0.3) is 17.7 Å². The first-order chi connectivity index (χ1) is 9.45. The fourth-order valence-corrected chi connectivity index (χ4v) is 1.99. The van der Waals surface area contributed by atoms with Crippen LogP contribution in [0.2, 0.25) is 0 Å². The zero-order valence-corrected chi connectivity index (χ0v) is 11.3. The zero-order valence-electron chi connectivity index (χ0n) is 11.3. The molecule has 6 nitrogen and oxygen atoms in total. The number of fused-ring (bicyclic) bond motifs is 1. The summed E-state index contributed by atoms with van der Waals surface area (Å²) in [5.74, 6) is -1.09. The lowest BCUT2D eigenvalue weighted by atomic mass is 10.1. The molecule has 0 saturated heterocycles. The molecule has 0 radical (unpaired) electrons. The maximum atomic E-state index is 12.1. The molecule has 0 saturated carbocycles. The Labute approximate surface area is 116 Å². The quantitative estimate of drug-likeness (QED) is 0.497. The van der Waals surface area contributed by atoms with E-state index < -0.39 is 5.91 Å². The van der Waals surface area contributed by atoms with Crippen LogP contribution in [0.15, 0.2) is 30.9 Å². The van der Waals surface area contributed by atoms with Crippen LogP contribution in [0.5, 0.6) is 0 Å². The average molecular weight is 273 g/mol. The summed E-state index contributed by atoms with van der Waals surface area (Å²) < 4.78 is 0. The number of hydrogen-bond acceptors (Lipinski definition) is 4. The van der Waals surface area contributed by atoms with Crippen molar-refractivity contribution in [3.63, 3.8) is 0 Å². The second-order valence-electron chi connectivity index (χ2n) is 4.61. The van der Waals surface area contributed by atoms with Crippen LogP contribution in [0.3, 0.4) is 0 Å². The molecular weight excluding hydrogens is 258 g/mol. The topological polar surface area (TPSA) is 69.7 Å². The Morgan fingerprint density at radius 3 is 2.55 bits per heavy atom. The van der Waals surface area contributed by atoms with E-state index in [9.17, 15) is 14.4 Å². The maximum absolute atomic E-state index is 12.1. The molecule has 0 aliphatic carbocycles. The van der Waals surface area contributed by atoms with Crippen LogP contribution < -0.4 is 5.43 Å². The van der Waals surface area contributed by atoms with Gasteiger partial charge in [-0.05, 0) is 18.2 Å². The molecule has 0 atom stereocenters. The number of amides is 3. The van der Waals surface area contributed by atoms with E-state index in [4.69, 9.17) is 0 Å². The van der Waals surface area contributed by atoms with Crippen molar-refractivity contribution in [2.75, 3.05) is 20.6 Å². The van der Waals surface area contributed by atoms with Gasteiger partial charge in [0.2, 0.25) is 0 Å². The fourth-order valence-electron chi connectivity index (χ4n) is 1.99. The first kappa shape index (κ1) is 14.0. The van der Waals surface area contributed by atoms with E-state index in [0.717, 1.165) is 4.90 Å². The zero-order chi connectivity index (χ0) is 14.9. The number of hydrogen-bond donors (Lipinski definition) is 1. The summed E-state index contributed by atoms with van der Waals surface area (Å²) in [4.78, 5) is 37.1. The van der Waals surface area contributed by atoms with Gasteiger partial charge in [0.1, 0.15) is 0 Å². The number of nitrogens with zero attached hydrogens (tertiary/aromatic N) is 2. The van der Waals surface area contributed by atoms with Crippen LogP contribution in [-0.2, 0) is 0 Å². The van der Waals surface area contributed by atoms with Crippen LogP contribution in [-0.4, -0.2) is 48.3 Å². The lowest BCUT2D eigenvalue weighted by molar-refractivity contribution is 0.0671. The van der Waals surface area contributed by atoms with Gasteiger partial charge in [0.05, 0.1) is 11.1 Å². The summed E-state index contributed by atoms with van der Waals surface area (Å²) in [7, 11) is 3.37. The van der Waals surface area contributed by atoms with Gasteiger partial charge >= 0.3 is 0 Å². The monoisotopic (exact) mass is 273 g/mol. The van der Waals surface area contributed by atoms with Gasteiger partial charge in [-0.25, -0.2) is 5.01 Å². The van der Waals surface area contributed by atoms with E-state index >= 15 is 0 Å². The number of nitrogens with one attached hydrogen (secondary N) is 1. The molecule has 1 heterocycles. The maximum Gasteiger partial charge on any atom is 0.265 e. The highest BCUT2D eigenvalue weighted by molar-refractivity contribution is 6.22. The predicted molar refractivity (Wildman–Crippen MR) is 73.2 cm³/mol. The normalized spacial score (nSPS) is 13.7. The molecule has 104 valence electrons. The van der Waals surface area contributed by atoms with Crippen molar-refractivity contribution in [1.29, 1.82) is 0 Å². The number of carbonyl (C=O) groups excluding carboxylic acids is 3. The smallest absolute Gasteiger partial charge is 0.265 e. The van der Waals surface area contributed by atoms with Gasteiger partial charge in [-0.3, -0.25) is 24.7 Å². The van der Waals surface area contributed by atoms with Crippen molar-refractivity contribution in [2.45, 2.75) is 0 Å². The summed E-state index contributed by atoms with van der Waals surface area (Å²) in [5.41, 5.74) is 3.48. The largest absolute Gasteiger partial charge is 0.285 e. The van der Waals surface area contributed by atoms with Crippen molar-refractivity contribution in [1.82, 2.24) is 15.3 Å². The Kier molecular flexibility index (Phi) is 3.67. The van der Waals surface area contributed by atoms with E-state index in [-0.39, 0.29) is 23.9 Å². The molecule has 0 bridgehead atoms. The molecule has 0 fully saturated rings. The van der Waals surface area contributed by atoms with E-state index in [0.29, 0.717) is 11.1 Å². The first-order valence-electron chi connectivity index (χ1n) is 6.05. The molecular formula is C14H15N3O3. The van der Waals surface area contributed by atoms with Crippen LogP contribution in [0.1, 0.15) is 31.1 Å². The third kappa shape index (κ3) is 2.33. The molecule has 3 amide bonds. The summed E-state index contributed by atoms with van der Waals surface area (Å²) in [6, 6.07) is 4.47. The lowest BCUT2D eigenvalue weighted by Gasteiger charge is -2.11. The molecule has 0 spiro atoms. The van der Waals surface area contributed by atoms with Gasteiger partial charge in [-0.15, -0.1) is 6.58 Å². The molecule has 2 rings (SSSR count). The highest BCUT2D eigenvalue weighted by Gasteiger charge is 2.35. The van der Waals surface area contributed by atoms with Crippen molar-refractivity contribution in [2.24, 2.45) is 0 Å². The minimum absolute atomic E-state index is 0.158. The Morgan fingerprint density at radius 2 is 1.95 bits per heavy atom. The Balaban J connectivity index is 2.35. The number of benzene rings is 1. The van der Waals surface area contributed by atoms with E-state index in [1.165, 1.54) is 29.3 Å². The molecule has 20 heavy (non-hydrogen) atoms. The van der Waals surface area contributed by atoms with E-state index in [1.807, 2.05) is 0 Å². The second kappa shape index (κ2) is 5.26. The molecule has 1 aliphatic rings. The molecule has 1 aliphatic heterocycles. The Bertz CT molecular complexity index is 608. The van der Waals surface area contributed by atoms with Crippen molar-refractivity contribution in [3.05, 3.63) is 47.5 Å². The minimum Gasteiger partial charge on any atom is -0.285 e. The van der Waals surface area contributed by atoms with Crippen LogP contribution in [0, 0.1) is 0 Å². The standard InChI is InChI=1S/C14H15N3O3/c1-4-7-17-13(19)10-6-5-9(8-11(10)14(17)20)12(18)15-16(2)3/h4-6,8H,1,7H2,2-3H3,(H,15,18). The van der Waals surface area contributed by atoms with Gasteiger partial charge in [-0.1, -0.05) is 6.08 Å². The fraction of sp³-hybridized carbons (Fsp3) is 0.214. The molecule has 6 heteroatoms. The average Bonchev–Trinajstić information content (AvgIpc) is 2.63. The summed E-state index contributed by atoms with van der Waals surface area (Å²) in [6.45, 7) is 3.68. The Morgan fingerprint density at radius 1 is 1.30 bits per heavy atom. The second-order valence-corrected chi connectivity index (χ2v) is 4.61. The third-order valence-corrected chi connectivity index (χ3v) is 2.87. The van der Waals surface area contributed by atoms with Crippen LogP contribution in [0.4, 0.5) is 0 Å². The summed E-state index contributed by atoms with van der Waals surface area (Å²) in [6.07, 6.45) is 1.49. The van der Waals surface area contributed by atoms with Gasteiger partial charge in [0, 0.05) is 26.2 Å². The van der Waals surface area contributed by atoms with Gasteiger partial charge in [0.15, 0.2) is 0 Å².